The van der Waals surface area contributed by atoms with Crippen LogP contribution < -0.4 is 20.3 Å². The zero-order chi connectivity index (χ0) is 21.4. The highest BCUT2D eigenvalue weighted by Crippen LogP contribution is 2.28. The lowest BCUT2D eigenvalue weighted by atomic mass is 10.2. The highest BCUT2D eigenvalue weighted by molar-refractivity contribution is 5.98. The predicted molar refractivity (Wildman–Crippen MR) is 106 cm³/mol. The van der Waals surface area contributed by atoms with Gasteiger partial charge in [-0.05, 0) is 43.7 Å². The monoisotopic (exact) mass is 399 g/mol. The van der Waals surface area contributed by atoms with Gasteiger partial charge in [0.25, 0.3) is 17.5 Å². The number of ether oxygens (including phenoxy) is 2. The Hall–Kier alpha value is -3.88. The maximum atomic E-state index is 12.2. The minimum absolute atomic E-state index is 0.0549. The van der Waals surface area contributed by atoms with Gasteiger partial charge in [-0.15, -0.1) is 0 Å². The number of hydrogen-bond donors (Lipinski definition) is 2. The summed E-state index contributed by atoms with van der Waals surface area (Å²) in [5.74, 6) is -0.251. The van der Waals surface area contributed by atoms with Crippen LogP contribution >= 0.6 is 0 Å². The molecule has 0 heterocycles. The molecule has 2 rings (SSSR count). The van der Waals surface area contributed by atoms with Gasteiger partial charge in [0.2, 0.25) is 0 Å². The van der Waals surface area contributed by atoms with Crippen molar-refractivity contribution in [3.63, 3.8) is 0 Å². The lowest BCUT2D eigenvalue weighted by Crippen LogP contribution is -2.40. The van der Waals surface area contributed by atoms with Crippen LogP contribution in [0.25, 0.3) is 6.08 Å². The number of rotatable bonds is 7. The topological polar surface area (TPSA) is 120 Å². The van der Waals surface area contributed by atoms with E-state index in [9.17, 15) is 19.7 Å². The summed E-state index contributed by atoms with van der Waals surface area (Å²) in [6.45, 7) is 3.74. The molecule has 0 fully saturated rings. The third-order valence-electron chi connectivity index (χ3n) is 3.60. The number of carbonyl (C=O) groups excluding carboxylic acids is 2. The van der Waals surface area contributed by atoms with Gasteiger partial charge in [-0.3, -0.25) is 30.6 Å². The molecule has 9 nitrogen and oxygen atoms in total. The molecule has 9 heteroatoms. The van der Waals surface area contributed by atoms with Crippen molar-refractivity contribution in [1.82, 2.24) is 10.9 Å². The highest BCUT2D eigenvalue weighted by Gasteiger charge is 2.12. The molecule has 2 amide bonds. The number of hydrogen-bond acceptors (Lipinski definition) is 6. The number of non-ortho nitro benzene ring substituents is 1. The van der Waals surface area contributed by atoms with Crippen LogP contribution in [0.5, 0.6) is 11.5 Å². The molecule has 0 radical (unpaired) electrons. The first-order chi connectivity index (χ1) is 13.8. The number of nitrogens with one attached hydrogen (secondary N) is 2. The average molecular weight is 399 g/mol. The van der Waals surface area contributed by atoms with E-state index in [1.165, 1.54) is 37.5 Å². The second kappa shape index (κ2) is 9.88. The number of nitro benzene ring substituents is 1. The van der Waals surface area contributed by atoms with Crippen LogP contribution in [0.1, 0.15) is 29.8 Å². The zero-order valence-electron chi connectivity index (χ0n) is 16.2. The molecule has 0 aliphatic heterocycles. The second-order valence-electron chi connectivity index (χ2n) is 6.16. The number of amides is 2. The van der Waals surface area contributed by atoms with Gasteiger partial charge in [0.05, 0.1) is 18.1 Å². The second-order valence-corrected chi connectivity index (χ2v) is 6.16. The molecule has 29 heavy (non-hydrogen) atoms. The smallest absolute Gasteiger partial charge is 0.270 e. The summed E-state index contributed by atoms with van der Waals surface area (Å²) >= 11 is 0. The largest absolute Gasteiger partial charge is 0.493 e. The Bertz CT molecular complexity index is 940. The minimum atomic E-state index is -0.600. The number of carbonyl (C=O) groups is 2. The van der Waals surface area contributed by atoms with E-state index in [0.717, 1.165) is 6.08 Å². The molecule has 0 saturated carbocycles. The lowest BCUT2D eigenvalue weighted by Gasteiger charge is -2.14. The van der Waals surface area contributed by atoms with Crippen molar-refractivity contribution >= 4 is 23.6 Å². The molecule has 2 aromatic carbocycles. The van der Waals surface area contributed by atoms with E-state index < -0.39 is 16.7 Å². The molecular weight excluding hydrogens is 378 g/mol. The molecule has 0 spiro atoms. The summed E-state index contributed by atoms with van der Waals surface area (Å²) in [6.07, 6.45) is 2.50. The third kappa shape index (κ3) is 6.35. The molecule has 2 N–H and O–H groups in total. The Kier molecular flexibility index (Phi) is 7.30. The van der Waals surface area contributed by atoms with Gasteiger partial charge in [-0.25, -0.2) is 0 Å². The van der Waals surface area contributed by atoms with Crippen molar-refractivity contribution in [2.24, 2.45) is 0 Å². The lowest BCUT2D eigenvalue weighted by molar-refractivity contribution is -0.384. The summed E-state index contributed by atoms with van der Waals surface area (Å²) in [6, 6.07) is 10.5. The SMILES string of the molecule is COc1cc(C(=O)NNC(=O)/C=C/c2cccc([N+](=O)[O-])c2)ccc1OC(C)C. The van der Waals surface area contributed by atoms with Crippen LogP contribution in [0, 0.1) is 10.1 Å². The number of methoxy groups -OCH3 is 1. The molecule has 0 bridgehead atoms. The Morgan fingerprint density at radius 2 is 1.86 bits per heavy atom. The molecule has 0 saturated heterocycles. The van der Waals surface area contributed by atoms with Gasteiger partial charge in [-0.1, -0.05) is 12.1 Å². The molecule has 0 unspecified atom stereocenters. The van der Waals surface area contributed by atoms with E-state index >= 15 is 0 Å². The Morgan fingerprint density at radius 1 is 1.10 bits per heavy atom. The van der Waals surface area contributed by atoms with E-state index in [1.54, 1.807) is 18.2 Å². The Morgan fingerprint density at radius 3 is 2.52 bits per heavy atom. The molecule has 0 aliphatic rings. The van der Waals surface area contributed by atoms with Crippen LogP contribution in [0.2, 0.25) is 0 Å². The maximum Gasteiger partial charge on any atom is 0.270 e. The predicted octanol–water partition coefficient (Wildman–Crippen LogP) is 2.87. The number of nitrogens with zero attached hydrogens (tertiary/aromatic N) is 1. The van der Waals surface area contributed by atoms with Crippen LogP contribution in [-0.2, 0) is 4.79 Å². The third-order valence-corrected chi connectivity index (χ3v) is 3.60. The summed E-state index contributed by atoms with van der Waals surface area (Å²) in [5, 5.41) is 10.8. The number of benzene rings is 2. The van der Waals surface area contributed by atoms with Crippen molar-refractivity contribution in [3.8, 4) is 11.5 Å². The fourth-order valence-corrected chi connectivity index (χ4v) is 2.31. The van der Waals surface area contributed by atoms with E-state index in [2.05, 4.69) is 10.9 Å². The van der Waals surface area contributed by atoms with Crippen molar-refractivity contribution in [2.75, 3.05) is 7.11 Å². The summed E-state index contributed by atoms with van der Waals surface area (Å²) in [5.41, 5.74) is 5.18. The van der Waals surface area contributed by atoms with Crippen LogP contribution in [0.3, 0.4) is 0 Å². The molecule has 0 atom stereocenters. The van der Waals surface area contributed by atoms with E-state index in [4.69, 9.17) is 9.47 Å². The molecule has 2 aromatic rings. The van der Waals surface area contributed by atoms with Crippen LogP contribution in [0.4, 0.5) is 5.69 Å². The molecular formula is C20H21N3O6. The first kappa shape index (κ1) is 21.4. The summed E-state index contributed by atoms with van der Waals surface area (Å²) in [4.78, 5) is 34.3. The van der Waals surface area contributed by atoms with E-state index in [0.29, 0.717) is 17.1 Å². The highest BCUT2D eigenvalue weighted by atomic mass is 16.6. The van der Waals surface area contributed by atoms with Gasteiger partial charge in [-0.2, -0.15) is 0 Å². The molecule has 0 aromatic heterocycles. The van der Waals surface area contributed by atoms with E-state index in [-0.39, 0.29) is 17.4 Å². The van der Waals surface area contributed by atoms with Gasteiger partial charge in [0.15, 0.2) is 11.5 Å². The van der Waals surface area contributed by atoms with Gasteiger partial charge in [0, 0.05) is 23.8 Å². The first-order valence-electron chi connectivity index (χ1n) is 8.67. The fourth-order valence-electron chi connectivity index (χ4n) is 2.31. The first-order valence-corrected chi connectivity index (χ1v) is 8.67. The molecule has 0 aliphatic carbocycles. The Balaban J connectivity index is 1.97. The number of nitro groups is 1. The van der Waals surface area contributed by atoms with E-state index in [1.807, 2.05) is 13.8 Å². The van der Waals surface area contributed by atoms with Gasteiger partial charge < -0.3 is 9.47 Å². The van der Waals surface area contributed by atoms with Crippen LogP contribution in [0.15, 0.2) is 48.5 Å². The zero-order valence-corrected chi connectivity index (χ0v) is 16.2. The van der Waals surface area contributed by atoms with Crippen molar-refractivity contribution in [2.45, 2.75) is 20.0 Å². The van der Waals surface area contributed by atoms with Gasteiger partial charge in [0.1, 0.15) is 0 Å². The maximum absolute atomic E-state index is 12.2. The standard InChI is InChI=1S/C20H21N3O6/c1-13(2)29-17-9-8-15(12-18(17)28-3)20(25)22-21-19(24)10-7-14-5-4-6-16(11-14)23(26)27/h4-13H,1-3H3,(H,21,24)(H,22,25)/b10-7+. The minimum Gasteiger partial charge on any atom is -0.493 e. The number of hydrazine groups is 1. The average Bonchev–Trinajstić information content (AvgIpc) is 2.70. The summed E-state index contributed by atoms with van der Waals surface area (Å²) in [7, 11) is 1.46. The summed E-state index contributed by atoms with van der Waals surface area (Å²) < 4.78 is 10.8. The normalized spacial score (nSPS) is 10.6. The fraction of sp³-hybridized carbons (Fsp3) is 0.200. The van der Waals surface area contributed by atoms with Gasteiger partial charge >= 0.3 is 0 Å². The van der Waals surface area contributed by atoms with Crippen molar-refractivity contribution < 1.29 is 24.0 Å². The molecule has 152 valence electrons. The Labute approximate surface area is 167 Å². The van der Waals surface area contributed by atoms with Crippen molar-refractivity contribution in [3.05, 3.63) is 69.8 Å². The van der Waals surface area contributed by atoms with Crippen molar-refractivity contribution in [1.29, 1.82) is 0 Å². The quantitative estimate of drug-likeness (QED) is 0.420. The van der Waals surface area contributed by atoms with Crippen LogP contribution in [-0.4, -0.2) is 30.0 Å².